The van der Waals surface area contributed by atoms with Crippen molar-refractivity contribution in [1.29, 1.82) is 0 Å². The fourth-order valence-corrected chi connectivity index (χ4v) is 2.79. The van der Waals surface area contributed by atoms with Crippen LogP contribution in [0.15, 0.2) is 23.1 Å². The molecule has 0 aromatic heterocycles. The summed E-state index contributed by atoms with van der Waals surface area (Å²) in [5.41, 5.74) is 5.89. The molecule has 0 fully saturated rings. The van der Waals surface area contributed by atoms with Gasteiger partial charge in [0.2, 0.25) is 5.91 Å². The van der Waals surface area contributed by atoms with Crippen LogP contribution in [0.1, 0.15) is 26.7 Å². The van der Waals surface area contributed by atoms with Gasteiger partial charge in [0.15, 0.2) is 0 Å². The number of carbonyl (C=O) groups excluding carboxylic acids is 1. The third kappa shape index (κ3) is 4.36. The van der Waals surface area contributed by atoms with E-state index < -0.39 is 5.54 Å². The normalized spacial score (nSPS) is 10.9. The number of halogens is 1. The zero-order valence-corrected chi connectivity index (χ0v) is 13.3. The lowest BCUT2D eigenvalue weighted by atomic mass is 9.94. The fraction of sp³-hybridized carbons (Fsp3) is 0.400. The smallest absolute Gasteiger partial charge is 0.231 e. The summed E-state index contributed by atoms with van der Waals surface area (Å²) in [7, 11) is 0. The molecule has 1 rings (SSSR count). The monoisotopic (exact) mass is 310 g/mol. The Morgan fingerprint density at radius 2 is 2.15 bits per heavy atom. The molecule has 0 radical (unpaired) electrons. The second kappa shape index (κ2) is 7.47. The summed E-state index contributed by atoms with van der Waals surface area (Å²) < 4.78 is 0. The Morgan fingerprint density at radius 1 is 1.50 bits per heavy atom. The minimum Gasteiger partial charge on any atom is -0.398 e. The SMILES string of the molecule is C#CC(CC)(CC)NC(=O)CSc1cc(Cl)ccc1N. The minimum absolute atomic E-state index is 0.101. The Hall–Kier alpha value is -1.31. The molecule has 20 heavy (non-hydrogen) atoms. The number of rotatable bonds is 6. The van der Waals surface area contributed by atoms with Crippen LogP contribution in [0.3, 0.4) is 0 Å². The number of thioether (sulfide) groups is 1. The molecule has 5 heteroatoms. The number of benzene rings is 1. The van der Waals surface area contributed by atoms with Gasteiger partial charge in [-0.25, -0.2) is 0 Å². The highest BCUT2D eigenvalue weighted by atomic mass is 35.5. The first kappa shape index (κ1) is 16.7. The Bertz CT molecular complexity index is 521. The highest BCUT2D eigenvalue weighted by Crippen LogP contribution is 2.28. The van der Waals surface area contributed by atoms with Gasteiger partial charge in [-0.2, -0.15) is 0 Å². The Morgan fingerprint density at radius 3 is 2.70 bits per heavy atom. The van der Waals surface area contributed by atoms with E-state index in [0.717, 1.165) is 4.90 Å². The lowest BCUT2D eigenvalue weighted by Crippen LogP contribution is -2.47. The molecule has 1 aromatic carbocycles. The van der Waals surface area contributed by atoms with E-state index in [-0.39, 0.29) is 11.7 Å². The van der Waals surface area contributed by atoms with Crippen molar-refractivity contribution in [2.24, 2.45) is 0 Å². The van der Waals surface area contributed by atoms with Gasteiger partial charge in [0.05, 0.1) is 5.75 Å². The van der Waals surface area contributed by atoms with Crippen molar-refractivity contribution in [1.82, 2.24) is 5.32 Å². The van der Waals surface area contributed by atoms with Crippen molar-refractivity contribution in [2.45, 2.75) is 37.1 Å². The van der Waals surface area contributed by atoms with Crippen molar-refractivity contribution in [3.05, 3.63) is 23.2 Å². The summed E-state index contributed by atoms with van der Waals surface area (Å²) in [5.74, 6) is 2.83. The summed E-state index contributed by atoms with van der Waals surface area (Å²) >= 11 is 7.26. The zero-order chi connectivity index (χ0) is 15.2. The molecule has 0 bridgehead atoms. The van der Waals surface area contributed by atoms with Crippen LogP contribution in [0, 0.1) is 12.3 Å². The molecule has 0 aliphatic carbocycles. The van der Waals surface area contributed by atoms with E-state index in [9.17, 15) is 4.79 Å². The van der Waals surface area contributed by atoms with Gasteiger partial charge in [0.25, 0.3) is 0 Å². The van der Waals surface area contributed by atoms with Crippen molar-refractivity contribution < 1.29 is 4.79 Å². The third-order valence-corrected chi connectivity index (χ3v) is 4.50. The van der Waals surface area contributed by atoms with Crippen LogP contribution >= 0.6 is 23.4 Å². The quantitative estimate of drug-likeness (QED) is 0.481. The second-order valence-corrected chi connectivity index (χ2v) is 5.91. The number of nitrogen functional groups attached to an aromatic ring is 1. The third-order valence-electron chi connectivity index (χ3n) is 3.20. The molecule has 3 N–H and O–H groups in total. The topological polar surface area (TPSA) is 55.1 Å². The van der Waals surface area contributed by atoms with E-state index >= 15 is 0 Å². The minimum atomic E-state index is -0.558. The highest BCUT2D eigenvalue weighted by molar-refractivity contribution is 8.00. The number of hydrogen-bond donors (Lipinski definition) is 2. The van der Waals surface area contributed by atoms with E-state index in [0.29, 0.717) is 23.6 Å². The van der Waals surface area contributed by atoms with E-state index in [4.69, 9.17) is 23.8 Å². The van der Waals surface area contributed by atoms with E-state index in [1.165, 1.54) is 11.8 Å². The molecule has 0 atom stereocenters. The molecule has 108 valence electrons. The predicted octanol–water partition coefficient (Wildman–Crippen LogP) is 3.32. The first-order valence-electron chi connectivity index (χ1n) is 6.43. The maximum Gasteiger partial charge on any atom is 0.231 e. The summed E-state index contributed by atoms with van der Waals surface area (Å²) in [6, 6.07) is 5.20. The Kier molecular flexibility index (Phi) is 6.25. The molecule has 0 unspecified atom stereocenters. The summed E-state index contributed by atoms with van der Waals surface area (Å²) in [6.45, 7) is 3.93. The van der Waals surface area contributed by atoms with Gasteiger partial charge in [-0.1, -0.05) is 31.4 Å². The Balaban J connectivity index is 2.64. The zero-order valence-electron chi connectivity index (χ0n) is 11.7. The molecule has 0 spiro atoms. The molecule has 0 aliphatic heterocycles. The van der Waals surface area contributed by atoms with Crippen molar-refractivity contribution in [2.75, 3.05) is 11.5 Å². The van der Waals surface area contributed by atoms with Crippen molar-refractivity contribution in [3.63, 3.8) is 0 Å². The number of hydrogen-bond acceptors (Lipinski definition) is 3. The first-order chi connectivity index (χ1) is 9.46. The largest absolute Gasteiger partial charge is 0.398 e. The summed E-state index contributed by atoms with van der Waals surface area (Å²) in [4.78, 5) is 12.8. The molecule has 1 amide bonds. The van der Waals surface area contributed by atoms with E-state index in [1.807, 2.05) is 13.8 Å². The molecule has 1 aromatic rings. The summed E-state index contributed by atoms with van der Waals surface area (Å²) in [5, 5.41) is 3.51. The maximum atomic E-state index is 12.0. The maximum absolute atomic E-state index is 12.0. The number of nitrogens with two attached hydrogens (primary N) is 1. The van der Waals surface area contributed by atoms with Gasteiger partial charge in [-0.15, -0.1) is 18.2 Å². The molecule has 0 saturated carbocycles. The van der Waals surface area contributed by atoms with Crippen LogP contribution < -0.4 is 11.1 Å². The molecule has 3 nitrogen and oxygen atoms in total. The van der Waals surface area contributed by atoms with E-state index in [2.05, 4.69) is 11.2 Å². The van der Waals surface area contributed by atoms with Gasteiger partial charge in [-0.3, -0.25) is 4.79 Å². The van der Waals surface area contributed by atoms with Gasteiger partial charge < -0.3 is 11.1 Å². The molecule has 0 aliphatic rings. The van der Waals surface area contributed by atoms with E-state index in [1.54, 1.807) is 18.2 Å². The highest BCUT2D eigenvalue weighted by Gasteiger charge is 2.25. The van der Waals surface area contributed by atoms with Crippen LogP contribution in [0.4, 0.5) is 5.69 Å². The van der Waals surface area contributed by atoms with Crippen LogP contribution in [0.5, 0.6) is 0 Å². The number of terminal acetylenes is 1. The lowest BCUT2D eigenvalue weighted by molar-refractivity contribution is -0.119. The van der Waals surface area contributed by atoms with Gasteiger partial charge in [-0.05, 0) is 31.0 Å². The number of anilines is 1. The van der Waals surface area contributed by atoms with Gasteiger partial charge >= 0.3 is 0 Å². The predicted molar refractivity (Wildman–Crippen MR) is 86.9 cm³/mol. The first-order valence-corrected chi connectivity index (χ1v) is 7.79. The lowest BCUT2D eigenvalue weighted by Gasteiger charge is -2.27. The standard InChI is InChI=1S/C15H19ClN2OS/c1-4-15(5-2,6-3)18-14(19)10-20-13-9-11(16)7-8-12(13)17/h1,7-9H,5-6,10,17H2,2-3H3,(H,18,19). The molecule has 0 saturated heterocycles. The van der Waals surface area contributed by atoms with Crippen molar-refractivity contribution in [3.8, 4) is 12.3 Å². The van der Waals surface area contributed by atoms with Crippen LogP contribution in [0.2, 0.25) is 5.02 Å². The number of amides is 1. The Labute approximate surface area is 129 Å². The average Bonchev–Trinajstić information content (AvgIpc) is 2.46. The van der Waals surface area contributed by atoms with Crippen LogP contribution in [0.25, 0.3) is 0 Å². The van der Waals surface area contributed by atoms with Crippen LogP contribution in [-0.2, 0) is 4.79 Å². The van der Waals surface area contributed by atoms with Gasteiger partial charge in [0.1, 0.15) is 5.54 Å². The fourth-order valence-electron chi connectivity index (χ4n) is 1.75. The number of nitrogens with one attached hydrogen (secondary N) is 1. The van der Waals surface area contributed by atoms with Crippen LogP contribution in [-0.4, -0.2) is 17.2 Å². The average molecular weight is 311 g/mol. The molecular weight excluding hydrogens is 292 g/mol. The number of carbonyl (C=O) groups is 1. The van der Waals surface area contributed by atoms with Crippen molar-refractivity contribution >= 4 is 35.0 Å². The second-order valence-electron chi connectivity index (χ2n) is 4.45. The molecule has 0 heterocycles. The van der Waals surface area contributed by atoms with Gasteiger partial charge in [0, 0.05) is 15.6 Å². The summed E-state index contributed by atoms with van der Waals surface area (Å²) in [6.07, 6.45) is 6.93. The molecular formula is C15H19ClN2OS.